The minimum atomic E-state index is 0.322. The summed E-state index contributed by atoms with van der Waals surface area (Å²) in [6, 6.07) is 0.966. The molecule has 0 aliphatic carbocycles. The van der Waals surface area contributed by atoms with Crippen molar-refractivity contribution < 1.29 is 4.79 Å². The minimum Gasteiger partial charge on any atom is -0.337 e. The average molecular weight is 214 g/mol. The maximum absolute atomic E-state index is 11.7. The lowest BCUT2D eigenvalue weighted by atomic mass is 10.2. The first-order valence-electron chi connectivity index (χ1n) is 5.38. The summed E-state index contributed by atoms with van der Waals surface area (Å²) in [6.07, 6.45) is 2.49. The predicted molar refractivity (Wildman–Crippen MR) is 59.5 cm³/mol. The van der Waals surface area contributed by atoms with Gasteiger partial charge in [-0.2, -0.15) is 0 Å². The molecule has 1 amide bonds. The van der Waals surface area contributed by atoms with E-state index in [1.165, 1.54) is 12.8 Å². The van der Waals surface area contributed by atoms with Crippen LogP contribution in [0.5, 0.6) is 0 Å². The number of carbonyl (C=O) groups is 1. The fraction of sp³-hybridized carbons (Fsp3) is 0.900. The van der Waals surface area contributed by atoms with Crippen LogP contribution in [0.4, 0.5) is 0 Å². The number of rotatable bonds is 2. The van der Waals surface area contributed by atoms with E-state index >= 15 is 0 Å². The van der Waals surface area contributed by atoms with Crippen LogP contribution in [-0.2, 0) is 4.79 Å². The zero-order valence-electron chi connectivity index (χ0n) is 8.66. The van der Waals surface area contributed by atoms with E-state index < -0.39 is 0 Å². The summed E-state index contributed by atoms with van der Waals surface area (Å²) in [6.45, 7) is 4.19. The van der Waals surface area contributed by atoms with Crippen LogP contribution in [0.1, 0.15) is 19.8 Å². The molecule has 0 bridgehead atoms. The van der Waals surface area contributed by atoms with Crippen LogP contribution in [0.15, 0.2) is 0 Å². The molecule has 2 rings (SSSR count). The van der Waals surface area contributed by atoms with Gasteiger partial charge in [-0.1, -0.05) is 0 Å². The molecule has 1 N–H and O–H groups in total. The smallest absolute Gasteiger partial charge is 0.232 e. The van der Waals surface area contributed by atoms with E-state index in [1.54, 1.807) is 11.8 Å². The number of thioether (sulfide) groups is 1. The zero-order chi connectivity index (χ0) is 9.97. The van der Waals surface area contributed by atoms with Crippen molar-refractivity contribution in [3.8, 4) is 0 Å². The van der Waals surface area contributed by atoms with E-state index in [0.717, 1.165) is 18.8 Å². The van der Waals surface area contributed by atoms with Crippen molar-refractivity contribution >= 4 is 17.7 Å². The van der Waals surface area contributed by atoms with Gasteiger partial charge in [0.25, 0.3) is 0 Å². The fourth-order valence-corrected chi connectivity index (χ4v) is 3.15. The molecule has 2 heterocycles. The summed E-state index contributed by atoms with van der Waals surface area (Å²) in [5, 5.41) is 3.44. The highest BCUT2D eigenvalue weighted by molar-refractivity contribution is 8.00. The Morgan fingerprint density at radius 3 is 3.14 bits per heavy atom. The summed E-state index contributed by atoms with van der Waals surface area (Å²) in [7, 11) is 0. The van der Waals surface area contributed by atoms with Gasteiger partial charge >= 0.3 is 0 Å². The van der Waals surface area contributed by atoms with Crippen molar-refractivity contribution in [1.29, 1.82) is 0 Å². The van der Waals surface area contributed by atoms with E-state index in [0.29, 0.717) is 23.7 Å². The number of nitrogens with zero attached hydrogens (tertiary/aromatic N) is 1. The molecule has 2 fully saturated rings. The minimum absolute atomic E-state index is 0.322. The third kappa shape index (κ3) is 2.23. The quantitative estimate of drug-likeness (QED) is 0.734. The Labute approximate surface area is 89.6 Å². The van der Waals surface area contributed by atoms with Gasteiger partial charge in [-0.15, -0.1) is 11.8 Å². The molecule has 3 nitrogen and oxygen atoms in total. The molecule has 0 aromatic heterocycles. The van der Waals surface area contributed by atoms with Gasteiger partial charge in [-0.3, -0.25) is 4.79 Å². The standard InChI is InChI=1S/C10H18N2OS/c1-8-6-14-7-10(13)12(8)5-9-3-2-4-11-9/h8-9,11H,2-7H2,1H3. The predicted octanol–water partition coefficient (Wildman–Crippen LogP) is 0.702. The first-order valence-corrected chi connectivity index (χ1v) is 6.53. The molecule has 2 aliphatic rings. The molecule has 14 heavy (non-hydrogen) atoms. The summed E-state index contributed by atoms with van der Waals surface area (Å²) in [4.78, 5) is 13.7. The van der Waals surface area contributed by atoms with Gasteiger partial charge in [0.15, 0.2) is 0 Å². The molecule has 0 saturated carbocycles. The van der Waals surface area contributed by atoms with Gasteiger partial charge in [-0.05, 0) is 26.3 Å². The van der Waals surface area contributed by atoms with Crippen LogP contribution in [0, 0.1) is 0 Å². The highest BCUT2D eigenvalue weighted by atomic mass is 32.2. The topological polar surface area (TPSA) is 32.3 Å². The largest absolute Gasteiger partial charge is 0.337 e. The Kier molecular flexibility index (Phi) is 3.34. The summed E-state index contributed by atoms with van der Waals surface area (Å²) in [5.74, 6) is 2.10. The molecule has 2 saturated heterocycles. The number of hydrogen-bond donors (Lipinski definition) is 1. The Morgan fingerprint density at radius 2 is 2.50 bits per heavy atom. The number of hydrogen-bond acceptors (Lipinski definition) is 3. The van der Waals surface area contributed by atoms with Crippen molar-refractivity contribution in [2.24, 2.45) is 0 Å². The third-order valence-corrected chi connectivity index (χ3v) is 4.19. The van der Waals surface area contributed by atoms with Crippen molar-refractivity contribution in [3.63, 3.8) is 0 Å². The highest BCUT2D eigenvalue weighted by Crippen LogP contribution is 2.18. The van der Waals surface area contributed by atoms with Gasteiger partial charge in [0.1, 0.15) is 0 Å². The van der Waals surface area contributed by atoms with E-state index in [9.17, 15) is 4.79 Å². The SMILES string of the molecule is CC1CSCC(=O)N1CC1CCCN1. The molecular formula is C10H18N2OS. The Balaban J connectivity index is 1.89. The van der Waals surface area contributed by atoms with Crippen molar-refractivity contribution in [3.05, 3.63) is 0 Å². The Bertz CT molecular complexity index is 216. The van der Waals surface area contributed by atoms with Gasteiger partial charge < -0.3 is 10.2 Å². The average Bonchev–Trinajstić information content (AvgIpc) is 2.64. The summed E-state index contributed by atoms with van der Waals surface area (Å²) >= 11 is 1.76. The zero-order valence-corrected chi connectivity index (χ0v) is 9.48. The second-order valence-corrected chi connectivity index (χ2v) is 5.23. The van der Waals surface area contributed by atoms with Crippen LogP contribution in [-0.4, -0.2) is 47.5 Å². The molecule has 2 unspecified atom stereocenters. The lowest BCUT2D eigenvalue weighted by Gasteiger charge is -2.34. The second-order valence-electron chi connectivity index (χ2n) is 4.20. The van der Waals surface area contributed by atoms with E-state index in [1.807, 2.05) is 0 Å². The maximum atomic E-state index is 11.7. The van der Waals surface area contributed by atoms with Gasteiger partial charge in [0.2, 0.25) is 5.91 Å². The molecule has 0 aromatic carbocycles. The Hall–Kier alpha value is -0.220. The molecule has 4 heteroatoms. The Morgan fingerprint density at radius 1 is 1.64 bits per heavy atom. The molecule has 2 aliphatic heterocycles. The van der Waals surface area contributed by atoms with Gasteiger partial charge in [0, 0.05) is 24.4 Å². The van der Waals surface area contributed by atoms with E-state index in [2.05, 4.69) is 17.1 Å². The molecular weight excluding hydrogens is 196 g/mol. The highest BCUT2D eigenvalue weighted by Gasteiger charge is 2.28. The molecule has 0 aromatic rings. The number of carbonyl (C=O) groups excluding carboxylic acids is 1. The van der Waals surface area contributed by atoms with Crippen LogP contribution in [0.2, 0.25) is 0 Å². The van der Waals surface area contributed by atoms with Crippen molar-refractivity contribution in [1.82, 2.24) is 10.2 Å². The normalized spacial score (nSPS) is 33.8. The van der Waals surface area contributed by atoms with Crippen LogP contribution in [0.3, 0.4) is 0 Å². The van der Waals surface area contributed by atoms with Crippen LogP contribution < -0.4 is 5.32 Å². The van der Waals surface area contributed by atoms with Crippen molar-refractivity contribution in [2.45, 2.75) is 31.8 Å². The first kappa shape index (κ1) is 10.3. The number of amides is 1. The molecule has 0 spiro atoms. The first-order chi connectivity index (χ1) is 6.77. The lowest BCUT2D eigenvalue weighted by Crippen LogP contribution is -2.49. The van der Waals surface area contributed by atoms with Crippen LogP contribution >= 0.6 is 11.8 Å². The fourth-order valence-electron chi connectivity index (χ4n) is 2.17. The van der Waals surface area contributed by atoms with Gasteiger partial charge in [0.05, 0.1) is 5.75 Å². The molecule has 80 valence electrons. The maximum Gasteiger partial charge on any atom is 0.232 e. The summed E-state index contributed by atoms with van der Waals surface area (Å²) < 4.78 is 0. The van der Waals surface area contributed by atoms with Gasteiger partial charge in [-0.25, -0.2) is 0 Å². The molecule has 2 atom stereocenters. The molecule has 0 radical (unpaired) electrons. The van der Waals surface area contributed by atoms with Crippen LogP contribution in [0.25, 0.3) is 0 Å². The van der Waals surface area contributed by atoms with E-state index in [4.69, 9.17) is 0 Å². The second kappa shape index (κ2) is 4.53. The number of nitrogens with one attached hydrogen (secondary N) is 1. The van der Waals surface area contributed by atoms with E-state index in [-0.39, 0.29) is 0 Å². The monoisotopic (exact) mass is 214 g/mol. The summed E-state index contributed by atoms with van der Waals surface area (Å²) in [5.41, 5.74) is 0. The lowest BCUT2D eigenvalue weighted by molar-refractivity contribution is -0.130. The third-order valence-electron chi connectivity index (χ3n) is 3.02. The van der Waals surface area contributed by atoms with Crippen molar-refractivity contribution in [2.75, 3.05) is 24.6 Å².